The van der Waals surface area contributed by atoms with Gasteiger partial charge < -0.3 is 28.4 Å². The van der Waals surface area contributed by atoms with E-state index in [2.05, 4.69) is 0 Å². The lowest BCUT2D eigenvalue weighted by molar-refractivity contribution is -0.164. The predicted molar refractivity (Wildman–Crippen MR) is 147 cm³/mol. The molecule has 0 N–H and O–H groups in total. The minimum Gasteiger partial charge on any atom is -0.493 e. The van der Waals surface area contributed by atoms with E-state index < -0.39 is 35.0 Å². The van der Waals surface area contributed by atoms with E-state index in [4.69, 9.17) is 28.4 Å². The van der Waals surface area contributed by atoms with Crippen molar-refractivity contribution in [2.45, 2.75) is 50.2 Å². The Morgan fingerprint density at radius 1 is 0.545 bits per heavy atom. The van der Waals surface area contributed by atoms with Crippen LogP contribution in [0.25, 0.3) is 0 Å². The van der Waals surface area contributed by atoms with Crippen LogP contribution in [-0.2, 0) is 34.7 Å². The van der Waals surface area contributed by atoms with Gasteiger partial charge in [0.05, 0.1) is 26.4 Å². The van der Waals surface area contributed by atoms with Gasteiger partial charge in [0.1, 0.15) is 59.5 Å². The van der Waals surface area contributed by atoms with Crippen LogP contribution < -0.4 is 18.9 Å². The molecule has 44 heavy (non-hydrogen) atoms. The van der Waals surface area contributed by atoms with Crippen molar-refractivity contribution in [3.63, 3.8) is 0 Å². The molecule has 2 aliphatic rings. The van der Waals surface area contributed by atoms with Gasteiger partial charge in [0.15, 0.2) is 0 Å². The molecule has 0 saturated carbocycles. The molecule has 2 aliphatic heterocycles. The summed E-state index contributed by atoms with van der Waals surface area (Å²) in [6.45, 7) is 1.85. The molecule has 0 amide bonds. The van der Waals surface area contributed by atoms with Crippen LogP contribution in [0.2, 0.25) is 0 Å². The average Bonchev–Trinajstić information content (AvgIpc) is 3.91. The SMILES string of the molecule is FC(F)(F)c1c(OCCCc2ccc(OCC3CO3)cc2)ccc(OCCCc2ccc(OCC3CO3)cc2)c1C(F)(F)F. The molecular weight excluding hydrogens is 594 g/mol. The van der Waals surface area contributed by atoms with E-state index in [0.717, 1.165) is 23.3 Å². The molecule has 2 heterocycles. The highest BCUT2D eigenvalue weighted by Crippen LogP contribution is 2.49. The molecule has 5 rings (SSSR count). The van der Waals surface area contributed by atoms with Gasteiger partial charge in [-0.15, -0.1) is 0 Å². The van der Waals surface area contributed by atoms with Gasteiger partial charge in [0.2, 0.25) is 0 Å². The molecule has 2 unspecified atom stereocenters. The highest BCUT2D eigenvalue weighted by Gasteiger charge is 2.48. The third kappa shape index (κ3) is 9.43. The van der Waals surface area contributed by atoms with Crippen molar-refractivity contribution in [3.8, 4) is 23.0 Å². The minimum absolute atomic E-state index is 0.120. The van der Waals surface area contributed by atoms with E-state index >= 15 is 0 Å². The third-order valence-electron chi connectivity index (χ3n) is 6.95. The number of aryl methyl sites for hydroxylation is 2. The second-order valence-electron chi connectivity index (χ2n) is 10.5. The Hall–Kier alpha value is -3.64. The first-order valence-electron chi connectivity index (χ1n) is 14.3. The standard InChI is InChI=1S/C32H32F6O6/c33-31(34,35)29-27(39-15-1-3-21-5-9-23(10-6-21)41-17-25-19-43-25)13-14-28(30(29)32(36,37)38)40-16-2-4-22-7-11-24(12-8-22)42-18-26-20-44-26/h5-14,25-26H,1-4,15-20H2. The summed E-state index contributed by atoms with van der Waals surface area (Å²) in [6, 6.07) is 16.1. The Kier molecular flexibility index (Phi) is 10.1. The summed E-state index contributed by atoms with van der Waals surface area (Å²) < 4.78 is 116. The largest absolute Gasteiger partial charge is 0.493 e. The Morgan fingerprint density at radius 2 is 0.909 bits per heavy atom. The number of epoxide rings is 2. The van der Waals surface area contributed by atoms with Crippen molar-refractivity contribution >= 4 is 0 Å². The van der Waals surface area contributed by atoms with Crippen LogP contribution in [0.4, 0.5) is 26.3 Å². The molecular formula is C32H32F6O6. The number of benzene rings is 3. The number of hydrogen-bond acceptors (Lipinski definition) is 6. The van der Waals surface area contributed by atoms with Gasteiger partial charge in [0.25, 0.3) is 0 Å². The summed E-state index contributed by atoms with van der Waals surface area (Å²) >= 11 is 0. The molecule has 2 atom stereocenters. The van der Waals surface area contributed by atoms with E-state index in [1.807, 2.05) is 24.3 Å². The Labute approximate surface area is 250 Å². The van der Waals surface area contributed by atoms with E-state index in [1.54, 1.807) is 24.3 Å². The number of rotatable bonds is 16. The van der Waals surface area contributed by atoms with Crippen molar-refractivity contribution < 1.29 is 54.8 Å². The van der Waals surface area contributed by atoms with E-state index in [0.29, 0.717) is 50.8 Å². The molecule has 0 aromatic heterocycles. The molecule has 0 radical (unpaired) electrons. The minimum atomic E-state index is -5.32. The molecule has 3 aromatic carbocycles. The zero-order valence-electron chi connectivity index (χ0n) is 23.7. The lowest BCUT2D eigenvalue weighted by atomic mass is 10.0. The fourth-order valence-corrected chi connectivity index (χ4v) is 4.50. The van der Waals surface area contributed by atoms with E-state index in [1.165, 1.54) is 0 Å². The summed E-state index contributed by atoms with van der Waals surface area (Å²) in [5, 5.41) is 0. The van der Waals surface area contributed by atoms with Crippen LogP contribution in [0, 0.1) is 0 Å². The molecule has 238 valence electrons. The summed E-state index contributed by atoms with van der Waals surface area (Å²) in [5.41, 5.74) is -2.02. The quantitative estimate of drug-likeness (QED) is 0.0945. The van der Waals surface area contributed by atoms with Gasteiger partial charge in [-0.3, -0.25) is 0 Å². The van der Waals surface area contributed by atoms with Crippen LogP contribution in [0.5, 0.6) is 23.0 Å². The highest BCUT2D eigenvalue weighted by atomic mass is 19.4. The number of ether oxygens (including phenoxy) is 6. The Balaban J connectivity index is 1.16. The average molecular weight is 627 g/mol. The van der Waals surface area contributed by atoms with Gasteiger partial charge in [-0.1, -0.05) is 24.3 Å². The second-order valence-corrected chi connectivity index (χ2v) is 10.5. The normalized spacial score (nSPS) is 17.7. The molecule has 0 bridgehead atoms. The first kappa shape index (κ1) is 31.8. The Morgan fingerprint density at radius 3 is 1.23 bits per heavy atom. The van der Waals surface area contributed by atoms with Crippen molar-refractivity contribution in [2.24, 2.45) is 0 Å². The molecule has 2 saturated heterocycles. The van der Waals surface area contributed by atoms with Crippen LogP contribution in [0.15, 0.2) is 60.7 Å². The predicted octanol–water partition coefficient (Wildman–Crippen LogP) is 7.30. The van der Waals surface area contributed by atoms with Crippen LogP contribution in [-0.4, -0.2) is 51.8 Å². The number of hydrogen-bond donors (Lipinski definition) is 0. The fourth-order valence-electron chi connectivity index (χ4n) is 4.50. The summed E-state index contributed by atoms with van der Waals surface area (Å²) in [5.74, 6) is -0.453. The van der Waals surface area contributed by atoms with Gasteiger partial charge in [-0.2, -0.15) is 26.3 Å². The van der Waals surface area contributed by atoms with Gasteiger partial charge in [-0.05, 0) is 73.2 Å². The van der Waals surface area contributed by atoms with Crippen molar-refractivity contribution in [1.29, 1.82) is 0 Å². The van der Waals surface area contributed by atoms with Crippen molar-refractivity contribution in [2.75, 3.05) is 39.6 Å². The molecule has 12 heteroatoms. The molecule has 3 aromatic rings. The zero-order chi connectivity index (χ0) is 31.2. The fraction of sp³-hybridized carbons (Fsp3) is 0.438. The maximum absolute atomic E-state index is 14.0. The maximum Gasteiger partial charge on any atom is 0.420 e. The summed E-state index contributed by atoms with van der Waals surface area (Å²) in [7, 11) is 0. The first-order valence-corrected chi connectivity index (χ1v) is 14.3. The molecule has 2 fully saturated rings. The van der Waals surface area contributed by atoms with Gasteiger partial charge in [0, 0.05) is 0 Å². The third-order valence-corrected chi connectivity index (χ3v) is 6.95. The van der Waals surface area contributed by atoms with Crippen molar-refractivity contribution in [1.82, 2.24) is 0 Å². The monoisotopic (exact) mass is 626 g/mol. The smallest absolute Gasteiger partial charge is 0.420 e. The van der Waals surface area contributed by atoms with Crippen LogP contribution in [0.3, 0.4) is 0 Å². The van der Waals surface area contributed by atoms with Gasteiger partial charge in [-0.25, -0.2) is 0 Å². The molecule has 0 spiro atoms. The molecule has 0 aliphatic carbocycles. The van der Waals surface area contributed by atoms with Gasteiger partial charge >= 0.3 is 12.4 Å². The first-order chi connectivity index (χ1) is 21.1. The zero-order valence-corrected chi connectivity index (χ0v) is 23.7. The lowest BCUT2D eigenvalue weighted by Crippen LogP contribution is -2.20. The highest BCUT2D eigenvalue weighted by molar-refractivity contribution is 5.52. The van der Waals surface area contributed by atoms with Crippen LogP contribution in [0.1, 0.15) is 35.1 Å². The van der Waals surface area contributed by atoms with Crippen LogP contribution >= 0.6 is 0 Å². The maximum atomic E-state index is 14.0. The number of halogens is 6. The Bertz CT molecular complexity index is 1250. The lowest BCUT2D eigenvalue weighted by Gasteiger charge is -2.22. The topological polar surface area (TPSA) is 62.0 Å². The second kappa shape index (κ2) is 14.0. The number of alkyl halides is 6. The molecule has 6 nitrogen and oxygen atoms in total. The van der Waals surface area contributed by atoms with E-state index in [-0.39, 0.29) is 38.3 Å². The van der Waals surface area contributed by atoms with Crippen molar-refractivity contribution in [3.05, 3.63) is 82.9 Å². The summed E-state index contributed by atoms with van der Waals surface area (Å²) in [4.78, 5) is 0. The summed E-state index contributed by atoms with van der Waals surface area (Å²) in [6.07, 6.45) is -8.93. The van der Waals surface area contributed by atoms with E-state index in [9.17, 15) is 26.3 Å².